The first-order valence-electron chi connectivity index (χ1n) is 3.65. The molecule has 0 aliphatic rings. The summed E-state index contributed by atoms with van der Waals surface area (Å²) < 4.78 is 17.5. The van der Waals surface area contributed by atoms with Gasteiger partial charge < -0.3 is 9.84 Å². The molecule has 1 rings (SSSR count). The third-order valence-electron chi connectivity index (χ3n) is 1.60. The van der Waals surface area contributed by atoms with Crippen molar-refractivity contribution in [2.45, 2.75) is 6.29 Å². The van der Waals surface area contributed by atoms with Crippen LogP contribution in [0.1, 0.15) is 17.4 Å². The first-order chi connectivity index (χ1) is 6.17. The Labute approximate surface area is 76.0 Å². The molecule has 0 amide bonds. The van der Waals surface area contributed by atoms with Crippen molar-refractivity contribution in [3.8, 4) is 12.3 Å². The van der Waals surface area contributed by atoms with E-state index in [1.807, 2.05) is 0 Å². The zero-order chi connectivity index (χ0) is 9.84. The Hall–Kier alpha value is -1.37. The van der Waals surface area contributed by atoms with Gasteiger partial charge in [-0.1, -0.05) is 5.92 Å². The average molecular weight is 180 g/mol. The number of hydrogen-bond acceptors (Lipinski definition) is 2. The third-order valence-corrected chi connectivity index (χ3v) is 1.60. The maximum atomic E-state index is 12.8. The molecule has 1 atom stereocenters. The summed E-state index contributed by atoms with van der Waals surface area (Å²) in [4.78, 5) is 0. The van der Waals surface area contributed by atoms with E-state index in [1.54, 1.807) is 0 Å². The summed E-state index contributed by atoms with van der Waals surface area (Å²) in [6.07, 6.45) is 3.95. The second kappa shape index (κ2) is 4.04. The van der Waals surface area contributed by atoms with E-state index in [0.29, 0.717) is 11.1 Å². The summed E-state index contributed by atoms with van der Waals surface area (Å²) in [5, 5.41) is 9.22. The zero-order valence-corrected chi connectivity index (χ0v) is 7.12. The lowest BCUT2D eigenvalue weighted by Gasteiger charge is -2.08. The number of halogens is 1. The molecule has 1 aromatic carbocycles. The van der Waals surface area contributed by atoms with Crippen molar-refractivity contribution in [3.05, 3.63) is 35.1 Å². The van der Waals surface area contributed by atoms with Crippen LogP contribution in [0.5, 0.6) is 0 Å². The Balaban J connectivity index is 3.10. The van der Waals surface area contributed by atoms with Gasteiger partial charge in [-0.25, -0.2) is 4.39 Å². The monoisotopic (exact) mass is 180 g/mol. The molecule has 0 aliphatic carbocycles. The average Bonchev–Trinajstić information content (AvgIpc) is 2.15. The highest BCUT2D eigenvalue weighted by molar-refractivity contribution is 5.36. The summed E-state index contributed by atoms with van der Waals surface area (Å²) >= 11 is 0. The fourth-order valence-electron chi connectivity index (χ4n) is 0.974. The quantitative estimate of drug-likeness (QED) is 0.551. The van der Waals surface area contributed by atoms with E-state index in [-0.39, 0.29) is 0 Å². The maximum absolute atomic E-state index is 12.8. The van der Waals surface area contributed by atoms with Gasteiger partial charge in [-0.3, -0.25) is 0 Å². The van der Waals surface area contributed by atoms with E-state index in [1.165, 1.54) is 25.3 Å². The Bertz CT molecular complexity index is 341. The molecule has 0 saturated heterocycles. The van der Waals surface area contributed by atoms with Crippen LogP contribution in [-0.2, 0) is 4.74 Å². The summed E-state index contributed by atoms with van der Waals surface area (Å²) in [5.41, 5.74) is 0.696. The summed E-state index contributed by atoms with van der Waals surface area (Å²) in [5.74, 6) is 1.80. The van der Waals surface area contributed by atoms with Gasteiger partial charge in [0.05, 0.1) is 0 Å². The SMILES string of the molecule is C#Cc1cc(F)cc(C(O)OC)c1. The number of terminal acetylenes is 1. The first-order valence-corrected chi connectivity index (χ1v) is 3.65. The van der Waals surface area contributed by atoms with Gasteiger partial charge in [-0.15, -0.1) is 6.42 Å². The van der Waals surface area contributed by atoms with Gasteiger partial charge in [-0.2, -0.15) is 0 Å². The van der Waals surface area contributed by atoms with Gasteiger partial charge in [-0.05, 0) is 18.2 Å². The zero-order valence-electron chi connectivity index (χ0n) is 7.12. The fraction of sp³-hybridized carbons (Fsp3) is 0.200. The van der Waals surface area contributed by atoms with Crippen molar-refractivity contribution < 1.29 is 14.2 Å². The number of ether oxygens (including phenoxy) is 1. The van der Waals surface area contributed by atoms with Crippen LogP contribution in [0, 0.1) is 18.2 Å². The molecule has 0 fully saturated rings. The number of hydrogen-bond donors (Lipinski definition) is 1. The predicted octanol–water partition coefficient (Wildman–Crippen LogP) is 1.44. The summed E-state index contributed by atoms with van der Waals surface area (Å²) in [7, 11) is 1.32. The predicted molar refractivity (Wildman–Crippen MR) is 46.3 cm³/mol. The minimum absolute atomic E-state index is 0.315. The molecule has 0 saturated carbocycles. The van der Waals surface area contributed by atoms with Crippen LogP contribution in [0.25, 0.3) is 0 Å². The Morgan fingerprint density at radius 3 is 2.77 bits per heavy atom. The van der Waals surface area contributed by atoms with Gasteiger partial charge in [0.25, 0.3) is 0 Å². The van der Waals surface area contributed by atoms with Gasteiger partial charge in [0.2, 0.25) is 0 Å². The minimum Gasteiger partial charge on any atom is -0.364 e. The van der Waals surface area contributed by atoms with E-state index in [2.05, 4.69) is 10.7 Å². The molecule has 1 unspecified atom stereocenters. The van der Waals surface area contributed by atoms with Gasteiger partial charge in [0.1, 0.15) is 5.82 Å². The van der Waals surface area contributed by atoms with Crippen LogP contribution in [-0.4, -0.2) is 12.2 Å². The van der Waals surface area contributed by atoms with Crippen LogP contribution in [0.15, 0.2) is 18.2 Å². The van der Waals surface area contributed by atoms with Crippen molar-refractivity contribution >= 4 is 0 Å². The molecule has 2 nitrogen and oxygen atoms in total. The molecular weight excluding hydrogens is 171 g/mol. The van der Waals surface area contributed by atoms with Crippen LogP contribution >= 0.6 is 0 Å². The van der Waals surface area contributed by atoms with E-state index in [4.69, 9.17) is 6.42 Å². The third kappa shape index (κ3) is 2.28. The van der Waals surface area contributed by atoms with Crippen molar-refractivity contribution in [2.75, 3.05) is 7.11 Å². The molecule has 0 bridgehead atoms. The minimum atomic E-state index is -1.14. The molecule has 0 aromatic heterocycles. The van der Waals surface area contributed by atoms with Gasteiger partial charge in [0, 0.05) is 18.2 Å². The van der Waals surface area contributed by atoms with Crippen molar-refractivity contribution in [1.82, 2.24) is 0 Å². The van der Waals surface area contributed by atoms with E-state index in [0.717, 1.165) is 0 Å². The van der Waals surface area contributed by atoms with Crippen molar-refractivity contribution in [2.24, 2.45) is 0 Å². The van der Waals surface area contributed by atoms with Crippen LogP contribution < -0.4 is 0 Å². The summed E-state index contributed by atoms with van der Waals surface area (Å²) in [6.45, 7) is 0. The van der Waals surface area contributed by atoms with Crippen LogP contribution in [0.4, 0.5) is 4.39 Å². The molecule has 0 heterocycles. The number of benzene rings is 1. The Morgan fingerprint density at radius 2 is 2.23 bits per heavy atom. The molecule has 1 aromatic rings. The van der Waals surface area contributed by atoms with Crippen molar-refractivity contribution in [3.63, 3.8) is 0 Å². The molecule has 0 aliphatic heterocycles. The standard InChI is InChI=1S/C10H9FO2/c1-3-7-4-8(10(12)13-2)6-9(11)5-7/h1,4-6,10,12H,2H3. The number of aliphatic hydroxyl groups is 1. The fourth-order valence-corrected chi connectivity index (χ4v) is 0.974. The highest BCUT2D eigenvalue weighted by atomic mass is 19.1. The number of aliphatic hydroxyl groups excluding tert-OH is 1. The second-order valence-corrected chi connectivity index (χ2v) is 2.51. The van der Waals surface area contributed by atoms with E-state index < -0.39 is 12.1 Å². The molecule has 68 valence electrons. The molecule has 3 heteroatoms. The van der Waals surface area contributed by atoms with E-state index in [9.17, 15) is 9.50 Å². The lowest BCUT2D eigenvalue weighted by molar-refractivity contribution is -0.0771. The highest BCUT2D eigenvalue weighted by Gasteiger charge is 2.07. The highest BCUT2D eigenvalue weighted by Crippen LogP contribution is 2.16. The number of methoxy groups -OCH3 is 1. The molecule has 0 radical (unpaired) electrons. The largest absolute Gasteiger partial charge is 0.364 e. The Morgan fingerprint density at radius 1 is 1.54 bits per heavy atom. The molecule has 13 heavy (non-hydrogen) atoms. The maximum Gasteiger partial charge on any atom is 0.180 e. The second-order valence-electron chi connectivity index (χ2n) is 2.51. The summed E-state index contributed by atoms with van der Waals surface area (Å²) in [6, 6.07) is 3.89. The topological polar surface area (TPSA) is 29.5 Å². The lowest BCUT2D eigenvalue weighted by atomic mass is 10.1. The molecule has 0 spiro atoms. The normalized spacial score (nSPS) is 12.2. The lowest BCUT2D eigenvalue weighted by Crippen LogP contribution is -2.00. The van der Waals surface area contributed by atoms with Gasteiger partial charge >= 0.3 is 0 Å². The number of rotatable bonds is 2. The molecular formula is C10H9FO2. The van der Waals surface area contributed by atoms with E-state index >= 15 is 0 Å². The van der Waals surface area contributed by atoms with Crippen LogP contribution in [0.3, 0.4) is 0 Å². The molecule has 1 N–H and O–H groups in total. The smallest absolute Gasteiger partial charge is 0.180 e. The van der Waals surface area contributed by atoms with Crippen LogP contribution in [0.2, 0.25) is 0 Å². The van der Waals surface area contributed by atoms with Crippen molar-refractivity contribution in [1.29, 1.82) is 0 Å². The Kier molecular flexibility index (Phi) is 3.02. The first kappa shape index (κ1) is 9.72. The van der Waals surface area contributed by atoms with Gasteiger partial charge in [0.15, 0.2) is 6.29 Å².